The van der Waals surface area contributed by atoms with Crippen molar-refractivity contribution in [2.45, 2.75) is 25.7 Å². The summed E-state index contributed by atoms with van der Waals surface area (Å²) in [7, 11) is 0. The van der Waals surface area contributed by atoms with Crippen molar-refractivity contribution >= 4 is 47.2 Å². The molecule has 4 nitrogen and oxygen atoms in total. The first-order chi connectivity index (χ1) is 10.7. The van der Waals surface area contributed by atoms with Gasteiger partial charge in [-0.25, -0.2) is 4.98 Å². The summed E-state index contributed by atoms with van der Waals surface area (Å²) in [6, 6.07) is 10.2. The molecule has 122 valence electrons. The number of nitrogens with two attached hydrogens (primary N) is 1. The number of rotatable bonds is 4. The lowest BCUT2D eigenvalue weighted by Crippen LogP contribution is -2.23. The molecule has 0 atom stereocenters. The Hall–Kier alpha value is -1.34. The fourth-order valence-corrected chi connectivity index (χ4v) is 2.81. The molecular formula is C17H20ClIN4. The van der Waals surface area contributed by atoms with Crippen molar-refractivity contribution in [1.82, 2.24) is 4.98 Å². The first-order valence-corrected chi connectivity index (χ1v) is 7.88. The maximum Gasteiger partial charge on any atom is 0.193 e. The van der Waals surface area contributed by atoms with Crippen molar-refractivity contribution in [2.24, 2.45) is 10.7 Å². The van der Waals surface area contributed by atoms with Gasteiger partial charge >= 0.3 is 0 Å². The molecule has 0 aliphatic heterocycles. The average Bonchev–Trinajstić information content (AvgIpc) is 2.97. The Morgan fingerprint density at radius 2 is 2.04 bits per heavy atom. The number of guanidine groups is 1. The molecule has 3 rings (SSSR count). The number of nitrogens with one attached hydrogen (secondary N) is 1. The van der Waals surface area contributed by atoms with E-state index >= 15 is 0 Å². The molecule has 1 aromatic carbocycles. The molecule has 3 N–H and O–H groups in total. The summed E-state index contributed by atoms with van der Waals surface area (Å²) in [6.45, 7) is 0.618. The van der Waals surface area contributed by atoms with Crippen molar-refractivity contribution in [2.75, 3.05) is 11.9 Å². The van der Waals surface area contributed by atoms with E-state index in [1.54, 1.807) is 12.3 Å². The zero-order chi connectivity index (χ0) is 15.4. The van der Waals surface area contributed by atoms with E-state index in [1.165, 1.54) is 24.0 Å². The minimum Gasteiger partial charge on any atom is -0.370 e. The van der Waals surface area contributed by atoms with E-state index in [9.17, 15) is 0 Å². The van der Waals surface area contributed by atoms with E-state index in [0.29, 0.717) is 17.7 Å². The standard InChI is InChI=1S/C17H19ClN4.HI/c18-16-7-4-12(11-21-16)8-9-20-17(19)22-15-6-5-13-2-1-3-14(13)10-15;/h4-7,10-11H,1-3,8-9H2,(H3,19,20,22);1H. The Bertz CT molecular complexity index is 685. The highest BCUT2D eigenvalue weighted by Crippen LogP contribution is 2.24. The lowest BCUT2D eigenvalue weighted by Gasteiger charge is -2.08. The second kappa shape index (κ2) is 8.49. The van der Waals surface area contributed by atoms with E-state index in [0.717, 1.165) is 24.1 Å². The maximum atomic E-state index is 5.94. The van der Waals surface area contributed by atoms with Gasteiger partial charge in [-0.3, -0.25) is 4.99 Å². The molecule has 2 aromatic rings. The topological polar surface area (TPSA) is 63.3 Å². The number of aryl methyl sites for hydroxylation is 2. The second-order valence-electron chi connectivity index (χ2n) is 5.47. The summed E-state index contributed by atoms with van der Waals surface area (Å²) in [5.41, 5.74) is 10.9. The normalized spacial score (nSPS) is 13.3. The van der Waals surface area contributed by atoms with E-state index in [4.69, 9.17) is 17.3 Å². The molecule has 0 saturated heterocycles. The highest BCUT2D eigenvalue weighted by atomic mass is 127. The van der Waals surface area contributed by atoms with Gasteiger partial charge in [-0.2, -0.15) is 0 Å². The molecule has 6 heteroatoms. The smallest absolute Gasteiger partial charge is 0.193 e. The fourth-order valence-electron chi connectivity index (χ4n) is 2.70. The number of nitrogens with zero attached hydrogens (tertiary/aromatic N) is 2. The summed E-state index contributed by atoms with van der Waals surface area (Å²) in [6.07, 6.45) is 6.15. The Labute approximate surface area is 158 Å². The Morgan fingerprint density at radius 3 is 2.83 bits per heavy atom. The number of anilines is 1. The molecule has 0 spiro atoms. The Balaban J connectivity index is 0.00000192. The summed E-state index contributed by atoms with van der Waals surface area (Å²) in [4.78, 5) is 8.40. The molecule has 0 radical (unpaired) electrons. The van der Waals surface area contributed by atoms with Gasteiger partial charge in [-0.15, -0.1) is 24.0 Å². The predicted octanol–water partition coefficient (Wildman–Crippen LogP) is 3.81. The third-order valence-electron chi connectivity index (χ3n) is 3.84. The zero-order valence-corrected chi connectivity index (χ0v) is 15.8. The van der Waals surface area contributed by atoms with Crippen LogP contribution >= 0.6 is 35.6 Å². The molecule has 23 heavy (non-hydrogen) atoms. The first-order valence-electron chi connectivity index (χ1n) is 7.50. The first kappa shape index (κ1) is 18.0. The van der Waals surface area contributed by atoms with Crippen LogP contribution in [0.4, 0.5) is 5.69 Å². The number of fused-ring (bicyclic) bond motifs is 1. The average molecular weight is 443 g/mol. The molecule has 1 heterocycles. The number of benzene rings is 1. The van der Waals surface area contributed by atoms with Gasteiger partial charge in [0.1, 0.15) is 5.15 Å². The van der Waals surface area contributed by atoms with E-state index in [2.05, 4.69) is 33.5 Å². The molecule has 0 fully saturated rings. The summed E-state index contributed by atoms with van der Waals surface area (Å²) in [5.74, 6) is 0.444. The van der Waals surface area contributed by atoms with Crippen molar-refractivity contribution in [1.29, 1.82) is 0 Å². The van der Waals surface area contributed by atoms with Crippen LogP contribution in [0.2, 0.25) is 5.15 Å². The van der Waals surface area contributed by atoms with E-state index in [1.807, 2.05) is 6.07 Å². The Morgan fingerprint density at radius 1 is 1.22 bits per heavy atom. The fraction of sp³-hybridized carbons (Fsp3) is 0.294. The lowest BCUT2D eigenvalue weighted by molar-refractivity contribution is 0.912. The molecule has 0 amide bonds. The van der Waals surface area contributed by atoms with Gasteiger partial charge in [0.15, 0.2) is 5.96 Å². The van der Waals surface area contributed by atoms with Crippen LogP contribution in [-0.4, -0.2) is 17.5 Å². The van der Waals surface area contributed by atoms with Crippen LogP contribution in [0.25, 0.3) is 0 Å². The summed E-state index contributed by atoms with van der Waals surface area (Å²) in [5, 5.41) is 3.66. The van der Waals surface area contributed by atoms with Gasteiger partial charge in [0.05, 0.1) is 0 Å². The van der Waals surface area contributed by atoms with Crippen LogP contribution < -0.4 is 11.1 Å². The molecule has 0 unspecified atom stereocenters. The van der Waals surface area contributed by atoms with Crippen molar-refractivity contribution < 1.29 is 0 Å². The highest BCUT2D eigenvalue weighted by Gasteiger charge is 2.10. The summed E-state index contributed by atoms with van der Waals surface area (Å²) >= 11 is 5.76. The maximum absolute atomic E-state index is 5.94. The third kappa shape index (κ3) is 5.07. The monoisotopic (exact) mass is 442 g/mol. The quantitative estimate of drug-likeness (QED) is 0.328. The number of halogens is 2. The zero-order valence-electron chi connectivity index (χ0n) is 12.8. The lowest BCUT2D eigenvalue weighted by atomic mass is 10.1. The van der Waals surface area contributed by atoms with Crippen LogP contribution in [-0.2, 0) is 19.3 Å². The van der Waals surface area contributed by atoms with Crippen molar-refractivity contribution in [3.8, 4) is 0 Å². The largest absolute Gasteiger partial charge is 0.370 e. The SMILES string of the molecule is I.NC(=NCCc1ccc(Cl)nc1)Nc1ccc2c(c1)CCC2. The molecule has 1 aromatic heterocycles. The van der Waals surface area contributed by atoms with Gasteiger partial charge in [0, 0.05) is 18.4 Å². The number of pyridine rings is 1. The molecule has 0 saturated carbocycles. The van der Waals surface area contributed by atoms with E-state index < -0.39 is 0 Å². The minimum atomic E-state index is 0. The van der Waals surface area contributed by atoms with Crippen LogP contribution in [0.5, 0.6) is 0 Å². The van der Waals surface area contributed by atoms with Crippen molar-refractivity contribution in [3.05, 3.63) is 58.4 Å². The van der Waals surface area contributed by atoms with Crippen LogP contribution in [0.15, 0.2) is 41.5 Å². The second-order valence-corrected chi connectivity index (χ2v) is 5.86. The third-order valence-corrected chi connectivity index (χ3v) is 4.07. The van der Waals surface area contributed by atoms with Gasteiger partial charge in [0.2, 0.25) is 0 Å². The number of aliphatic imine (C=N–C) groups is 1. The predicted molar refractivity (Wildman–Crippen MR) is 107 cm³/mol. The number of aromatic nitrogens is 1. The van der Waals surface area contributed by atoms with Gasteiger partial charge in [-0.05, 0) is 60.6 Å². The number of hydrogen-bond donors (Lipinski definition) is 2. The highest BCUT2D eigenvalue weighted by molar-refractivity contribution is 14.0. The summed E-state index contributed by atoms with van der Waals surface area (Å²) < 4.78 is 0. The molecule has 1 aliphatic rings. The number of hydrogen-bond acceptors (Lipinski definition) is 2. The van der Waals surface area contributed by atoms with Crippen molar-refractivity contribution in [3.63, 3.8) is 0 Å². The molecule has 1 aliphatic carbocycles. The molecular weight excluding hydrogens is 423 g/mol. The van der Waals surface area contributed by atoms with Gasteiger partial charge < -0.3 is 11.1 Å². The van der Waals surface area contributed by atoms with Gasteiger partial charge in [-0.1, -0.05) is 23.7 Å². The van der Waals surface area contributed by atoms with Crippen LogP contribution in [0, 0.1) is 0 Å². The van der Waals surface area contributed by atoms with Crippen LogP contribution in [0.1, 0.15) is 23.1 Å². The van der Waals surface area contributed by atoms with Crippen LogP contribution in [0.3, 0.4) is 0 Å². The van der Waals surface area contributed by atoms with E-state index in [-0.39, 0.29) is 24.0 Å². The minimum absolute atomic E-state index is 0. The molecule has 0 bridgehead atoms. The Kier molecular flexibility index (Phi) is 6.65. The van der Waals surface area contributed by atoms with Gasteiger partial charge in [0.25, 0.3) is 0 Å².